The Hall–Kier alpha value is -2.05. The summed E-state index contributed by atoms with van der Waals surface area (Å²) in [5.74, 6) is 0.557. The van der Waals surface area contributed by atoms with Crippen LogP contribution in [0.5, 0.6) is 0 Å². The maximum atomic E-state index is 11.7. The van der Waals surface area contributed by atoms with Gasteiger partial charge in [-0.25, -0.2) is 4.79 Å². The van der Waals surface area contributed by atoms with E-state index in [2.05, 4.69) is 22.8 Å². The molecule has 0 unspecified atom stereocenters. The second-order valence-corrected chi connectivity index (χ2v) is 6.59. The molecule has 0 aliphatic rings. The van der Waals surface area contributed by atoms with Gasteiger partial charge in [0.25, 0.3) is 0 Å². The van der Waals surface area contributed by atoms with Crippen molar-refractivity contribution in [3.8, 4) is 0 Å². The van der Waals surface area contributed by atoms with Crippen LogP contribution in [0.1, 0.15) is 15.9 Å². The maximum Gasteiger partial charge on any atom is 0.338 e. The first-order chi connectivity index (χ1) is 11.6. The highest BCUT2D eigenvalue weighted by atomic mass is 32.2. The Bertz CT molecular complexity index is 705. The van der Waals surface area contributed by atoms with Crippen LogP contribution in [0.4, 0.5) is 5.69 Å². The summed E-state index contributed by atoms with van der Waals surface area (Å²) in [6.45, 7) is 2.61. The second-order valence-electron chi connectivity index (χ2n) is 5.01. The highest BCUT2D eigenvalue weighted by molar-refractivity contribution is 7.99. The number of rotatable bonds is 6. The van der Waals surface area contributed by atoms with Crippen LogP contribution in [0.2, 0.25) is 0 Å². The molecular weight excluding hydrogens is 340 g/mol. The van der Waals surface area contributed by atoms with Crippen molar-refractivity contribution < 1.29 is 9.53 Å². The van der Waals surface area contributed by atoms with E-state index >= 15 is 0 Å². The summed E-state index contributed by atoms with van der Waals surface area (Å²) in [5.41, 5.74) is 2.14. The van der Waals surface area contributed by atoms with Crippen LogP contribution in [0.3, 0.4) is 0 Å². The number of nitrogens with one attached hydrogen (secondary N) is 2. The number of hydrogen-bond acceptors (Lipinski definition) is 4. The normalized spacial score (nSPS) is 10.1. The molecule has 0 saturated heterocycles. The number of methoxy groups -OCH3 is 1. The van der Waals surface area contributed by atoms with Crippen LogP contribution >= 0.6 is 24.0 Å². The van der Waals surface area contributed by atoms with Gasteiger partial charge in [0.15, 0.2) is 5.11 Å². The Balaban J connectivity index is 1.83. The first kappa shape index (κ1) is 18.3. The van der Waals surface area contributed by atoms with Gasteiger partial charge in [-0.2, -0.15) is 0 Å². The fourth-order valence-electron chi connectivity index (χ4n) is 2.12. The Morgan fingerprint density at radius 2 is 1.92 bits per heavy atom. The third kappa shape index (κ3) is 5.25. The van der Waals surface area contributed by atoms with Crippen LogP contribution < -0.4 is 10.6 Å². The van der Waals surface area contributed by atoms with E-state index in [0.717, 1.165) is 23.5 Å². The van der Waals surface area contributed by atoms with Gasteiger partial charge in [-0.3, -0.25) is 0 Å². The van der Waals surface area contributed by atoms with E-state index < -0.39 is 0 Å². The van der Waals surface area contributed by atoms with Gasteiger partial charge in [0, 0.05) is 22.9 Å². The van der Waals surface area contributed by atoms with Gasteiger partial charge in [-0.1, -0.05) is 24.3 Å². The molecular formula is C18H20N2O2S2. The Labute approximate surface area is 152 Å². The third-order valence-corrected chi connectivity index (χ3v) is 4.65. The number of ether oxygens (including phenoxy) is 1. The van der Waals surface area contributed by atoms with Gasteiger partial charge < -0.3 is 15.4 Å². The topological polar surface area (TPSA) is 50.4 Å². The van der Waals surface area contributed by atoms with E-state index in [9.17, 15) is 4.79 Å². The van der Waals surface area contributed by atoms with Crippen molar-refractivity contribution in [3.05, 3.63) is 59.7 Å². The molecule has 6 heteroatoms. The third-order valence-electron chi connectivity index (χ3n) is 3.39. The average molecular weight is 361 g/mol. The summed E-state index contributed by atoms with van der Waals surface area (Å²) in [6, 6.07) is 15.7. The predicted molar refractivity (Wildman–Crippen MR) is 104 cm³/mol. The number of benzene rings is 2. The van der Waals surface area contributed by atoms with Crippen molar-refractivity contribution in [1.29, 1.82) is 0 Å². The van der Waals surface area contributed by atoms with Crippen molar-refractivity contribution in [2.24, 2.45) is 0 Å². The van der Waals surface area contributed by atoms with E-state index in [1.807, 2.05) is 31.2 Å². The largest absolute Gasteiger partial charge is 0.465 e. The molecule has 0 aliphatic heterocycles. The second kappa shape index (κ2) is 9.30. The van der Waals surface area contributed by atoms with E-state index in [1.54, 1.807) is 23.9 Å². The monoisotopic (exact) mass is 360 g/mol. The number of anilines is 1. The van der Waals surface area contributed by atoms with Crippen molar-refractivity contribution in [1.82, 2.24) is 5.32 Å². The molecule has 0 radical (unpaired) electrons. The van der Waals surface area contributed by atoms with E-state index in [4.69, 9.17) is 17.0 Å². The fraction of sp³-hybridized carbons (Fsp3) is 0.222. The van der Waals surface area contributed by atoms with Crippen LogP contribution in [0, 0.1) is 6.92 Å². The number of esters is 1. The molecule has 0 amide bonds. The number of carbonyl (C=O) groups is 1. The van der Waals surface area contributed by atoms with Crippen LogP contribution in [0.25, 0.3) is 0 Å². The molecule has 0 fully saturated rings. The molecule has 0 atom stereocenters. The summed E-state index contributed by atoms with van der Waals surface area (Å²) in [5, 5.41) is 6.84. The minimum Gasteiger partial charge on any atom is -0.465 e. The molecule has 2 N–H and O–H groups in total. The molecule has 24 heavy (non-hydrogen) atoms. The van der Waals surface area contributed by atoms with E-state index in [-0.39, 0.29) is 5.97 Å². The summed E-state index contributed by atoms with van der Waals surface area (Å²) in [7, 11) is 1.37. The molecule has 2 aromatic carbocycles. The lowest BCUT2D eigenvalue weighted by atomic mass is 10.1. The van der Waals surface area contributed by atoms with Crippen LogP contribution in [-0.2, 0) is 4.74 Å². The van der Waals surface area contributed by atoms with Gasteiger partial charge in [-0.15, -0.1) is 11.8 Å². The maximum absolute atomic E-state index is 11.7. The highest BCUT2D eigenvalue weighted by Gasteiger charge is 2.12. The minimum atomic E-state index is -0.353. The zero-order chi connectivity index (χ0) is 17.4. The number of carbonyl (C=O) groups excluding carboxylic acids is 1. The zero-order valence-corrected chi connectivity index (χ0v) is 15.3. The Morgan fingerprint density at radius 3 is 2.62 bits per heavy atom. The Morgan fingerprint density at radius 1 is 1.17 bits per heavy atom. The summed E-state index contributed by atoms with van der Waals surface area (Å²) < 4.78 is 4.78. The number of hydrogen-bond donors (Lipinski definition) is 2. The zero-order valence-electron chi connectivity index (χ0n) is 13.7. The van der Waals surface area contributed by atoms with Gasteiger partial charge >= 0.3 is 5.97 Å². The molecule has 4 nitrogen and oxygen atoms in total. The molecule has 0 heterocycles. The lowest BCUT2D eigenvalue weighted by molar-refractivity contribution is 0.0600. The molecule has 0 spiro atoms. The van der Waals surface area contributed by atoms with Gasteiger partial charge in [0.05, 0.1) is 12.7 Å². The summed E-state index contributed by atoms with van der Waals surface area (Å²) in [6.07, 6.45) is 0. The first-order valence-electron chi connectivity index (χ1n) is 7.52. The lowest BCUT2D eigenvalue weighted by Crippen LogP contribution is -2.30. The summed E-state index contributed by atoms with van der Waals surface area (Å²) in [4.78, 5) is 13.0. The highest BCUT2D eigenvalue weighted by Crippen LogP contribution is 2.20. The number of thioether (sulfide) groups is 1. The molecule has 0 saturated carbocycles. The SMILES string of the molecule is COC(=O)c1cccc(NC(=S)NCCSc2ccccc2)c1C. The van der Waals surface area contributed by atoms with Gasteiger partial charge in [0.1, 0.15) is 0 Å². The van der Waals surface area contributed by atoms with Gasteiger partial charge in [0.2, 0.25) is 0 Å². The lowest BCUT2D eigenvalue weighted by Gasteiger charge is -2.14. The molecule has 0 bridgehead atoms. The van der Waals surface area contributed by atoms with Crippen molar-refractivity contribution in [2.45, 2.75) is 11.8 Å². The molecule has 2 aromatic rings. The van der Waals surface area contributed by atoms with E-state index in [0.29, 0.717) is 10.7 Å². The molecule has 2 rings (SSSR count). The molecule has 126 valence electrons. The van der Waals surface area contributed by atoms with Crippen molar-refractivity contribution >= 4 is 40.7 Å². The average Bonchev–Trinajstić information content (AvgIpc) is 2.61. The quantitative estimate of drug-likeness (QED) is 0.353. The van der Waals surface area contributed by atoms with Crippen LogP contribution in [-0.4, -0.2) is 30.5 Å². The smallest absolute Gasteiger partial charge is 0.338 e. The molecule has 0 aliphatic carbocycles. The number of thiocarbonyl (C=S) groups is 1. The minimum absolute atomic E-state index is 0.353. The standard InChI is InChI=1S/C18H20N2O2S2/c1-13-15(17(21)22-2)9-6-10-16(13)20-18(23)19-11-12-24-14-7-4-3-5-8-14/h3-10H,11-12H2,1-2H3,(H2,19,20,23). The van der Waals surface area contributed by atoms with Gasteiger partial charge in [-0.05, 0) is 49.0 Å². The Kier molecular flexibility index (Phi) is 7.08. The predicted octanol–water partition coefficient (Wildman–Crippen LogP) is 3.86. The van der Waals surface area contributed by atoms with Crippen molar-refractivity contribution in [2.75, 3.05) is 24.7 Å². The molecule has 0 aromatic heterocycles. The first-order valence-corrected chi connectivity index (χ1v) is 8.92. The van der Waals surface area contributed by atoms with E-state index in [1.165, 1.54) is 12.0 Å². The van der Waals surface area contributed by atoms with Crippen molar-refractivity contribution in [3.63, 3.8) is 0 Å². The van der Waals surface area contributed by atoms with Crippen LogP contribution in [0.15, 0.2) is 53.4 Å². The fourth-order valence-corrected chi connectivity index (χ4v) is 3.12. The summed E-state index contributed by atoms with van der Waals surface area (Å²) >= 11 is 7.09.